The minimum absolute atomic E-state index is 0.00768. The molecule has 11 nitrogen and oxygen atoms in total. The summed E-state index contributed by atoms with van der Waals surface area (Å²) in [4.78, 5) is 0.425. The number of aliphatic hydroxyl groups excluding tert-OH is 1. The Morgan fingerprint density at radius 3 is 2.54 bits per heavy atom. The minimum atomic E-state index is -3.65. The summed E-state index contributed by atoms with van der Waals surface area (Å²) in [5, 5.41) is 17.9. The number of aryl methyl sites for hydroxylation is 1. The van der Waals surface area contributed by atoms with Gasteiger partial charge in [0, 0.05) is 50.7 Å². The molecule has 2 aromatic carbocycles. The van der Waals surface area contributed by atoms with Gasteiger partial charge in [-0.2, -0.15) is 9.40 Å². The van der Waals surface area contributed by atoms with Crippen LogP contribution in [0, 0.1) is 0 Å². The molecule has 2 aliphatic heterocycles. The number of nitrogens with one attached hydrogen (secondary N) is 1. The number of nitrogens with zero attached hydrogens (tertiary/aromatic N) is 3. The maximum Gasteiger partial charge on any atom is 0.243 e. The van der Waals surface area contributed by atoms with E-state index in [4.69, 9.17) is 9.47 Å². The summed E-state index contributed by atoms with van der Waals surface area (Å²) in [6.07, 6.45) is 5.80. The molecule has 13 heteroatoms. The molecule has 2 atom stereocenters. The predicted molar refractivity (Wildman–Crippen MR) is 153 cm³/mol. The summed E-state index contributed by atoms with van der Waals surface area (Å²) in [7, 11) is -5.18. The number of hydrogen-bond donors (Lipinski definition) is 2. The molecule has 1 spiro atoms. The maximum atomic E-state index is 13.4. The topological polar surface area (TPSA) is 140 Å². The Morgan fingerprint density at radius 2 is 1.83 bits per heavy atom. The Kier molecular flexibility index (Phi) is 8.56. The summed E-state index contributed by atoms with van der Waals surface area (Å²) >= 11 is 0. The fourth-order valence-electron chi connectivity index (χ4n) is 5.36. The Bertz CT molecular complexity index is 1580. The maximum absolute atomic E-state index is 13.4. The molecular formula is C28H36N4O7S2. The van der Waals surface area contributed by atoms with Crippen LogP contribution < -0.4 is 10.1 Å². The van der Waals surface area contributed by atoms with Gasteiger partial charge >= 0.3 is 0 Å². The number of aliphatic hydroxyl groups is 1. The van der Waals surface area contributed by atoms with Crippen molar-refractivity contribution in [2.45, 2.75) is 46.8 Å². The van der Waals surface area contributed by atoms with Crippen LogP contribution in [0.25, 0.3) is 11.1 Å². The first-order valence-electron chi connectivity index (χ1n) is 13.5. The van der Waals surface area contributed by atoms with Gasteiger partial charge in [-0.1, -0.05) is 18.2 Å². The number of ether oxygens (including phenoxy) is 2. The molecule has 0 aliphatic carbocycles. The van der Waals surface area contributed by atoms with Gasteiger partial charge in [-0.05, 0) is 55.2 Å². The molecule has 3 heterocycles. The van der Waals surface area contributed by atoms with Gasteiger partial charge in [0.05, 0.1) is 28.2 Å². The predicted octanol–water partition coefficient (Wildman–Crippen LogP) is 1.83. The molecule has 2 saturated heterocycles. The second-order valence-electron chi connectivity index (χ2n) is 10.8. The zero-order valence-electron chi connectivity index (χ0n) is 23.1. The third-order valence-electron chi connectivity index (χ3n) is 7.67. The zero-order chi connectivity index (χ0) is 29.3. The molecule has 1 aromatic heterocycles. The number of piperidine rings is 1. The van der Waals surface area contributed by atoms with Crippen molar-refractivity contribution in [1.82, 2.24) is 19.4 Å². The highest BCUT2D eigenvalue weighted by Crippen LogP contribution is 2.37. The van der Waals surface area contributed by atoms with Crippen LogP contribution in [0.15, 0.2) is 70.7 Å². The first kappa shape index (κ1) is 29.7. The zero-order valence-corrected chi connectivity index (χ0v) is 24.8. The molecular weight excluding hydrogens is 568 g/mol. The van der Waals surface area contributed by atoms with Crippen LogP contribution >= 0.6 is 0 Å². The highest BCUT2D eigenvalue weighted by atomic mass is 32.2. The second kappa shape index (κ2) is 11.8. The van der Waals surface area contributed by atoms with Crippen molar-refractivity contribution < 1.29 is 31.4 Å². The molecule has 0 radical (unpaired) electrons. The monoisotopic (exact) mass is 604 g/mol. The first-order chi connectivity index (χ1) is 19.4. The Hall–Kier alpha value is -2.81. The highest BCUT2D eigenvalue weighted by Gasteiger charge is 2.44. The van der Waals surface area contributed by atoms with Crippen LogP contribution in [-0.2, 0) is 31.6 Å². The number of sulfone groups is 1. The lowest BCUT2D eigenvalue weighted by atomic mass is 9.88. The van der Waals surface area contributed by atoms with Crippen LogP contribution in [-0.4, -0.2) is 92.9 Å². The number of sulfonamides is 1. The van der Waals surface area contributed by atoms with E-state index in [0.29, 0.717) is 38.3 Å². The fourth-order valence-corrected chi connectivity index (χ4v) is 7.51. The van der Waals surface area contributed by atoms with Gasteiger partial charge < -0.3 is 19.9 Å². The minimum Gasteiger partial charge on any atom is -0.491 e. The van der Waals surface area contributed by atoms with Crippen LogP contribution in [0.2, 0.25) is 0 Å². The molecule has 2 unspecified atom stereocenters. The van der Waals surface area contributed by atoms with Gasteiger partial charge in [0.2, 0.25) is 10.0 Å². The van der Waals surface area contributed by atoms with E-state index in [0.717, 1.165) is 23.8 Å². The van der Waals surface area contributed by atoms with E-state index in [-0.39, 0.29) is 29.0 Å². The summed E-state index contributed by atoms with van der Waals surface area (Å²) in [5.74, 6) is 0.376. The number of aromatic nitrogens is 2. The van der Waals surface area contributed by atoms with Crippen molar-refractivity contribution >= 4 is 19.9 Å². The summed E-state index contributed by atoms with van der Waals surface area (Å²) in [6, 6.07) is 13.2. The average molecular weight is 605 g/mol. The van der Waals surface area contributed by atoms with E-state index in [9.17, 15) is 21.9 Å². The quantitative estimate of drug-likeness (QED) is 0.355. The Balaban J connectivity index is 1.10. The fraction of sp³-hybridized carbons (Fsp3) is 0.464. The molecule has 2 aliphatic rings. The number of benzene rings is 2. The normalized spacial score (nSPS) is 20.3. The summed E-state index contributed by atoms with van der Waals surface area (Å²) in [6.45, 7) is 1.51. The highest BCUT2D eigenvalue weighted by molar-refractivity contribution is 7.90. The van der Waals surface area contributed by atoms with E-state index in [1.54, 1.807) is 41.2 Å². The third kappa shape index (κ3) is 6.99. The van der Waals surface area contributed by atoms with Crippen molar-refractivity contribution in [3.05, 3.63) is 60.9 Å². The molecule has 0 bridgehead atoms. The third-order valence-corrected chi connectivity index (χ3v) is 10.7. The average Bonchev–Trinajstić information content (AvgIpc) is 3.57. The molecule has 3 aromatic rings. The SMILES string of the molecule is Cn1cc(-c2cccc(S(=O)(=O)N3CCC4(CC3)CC(NCC(O)COc3cccc(S(C)(=O)=O)c3)CO4)c2)cn1. The van der Waals surface area contributed by atoms with E-state index in [2.05, 4.69) is 10.4 Å². The van der Waals surface area contributed by atoms with Crippen LogP contribution in [0.4, 0.5) is 0 Å². The standard InChI is InChI=1S/C28H36N4O7S2/c1-31-18-22(16-30-31)21-5-3-8-27(13-21)41(36,37)32-11-9-28(10-12-32)15-23(19-39-28)29-17-24(33)20-38-25-6-4-7-26(14-25)40(2,34)35/h3-8,13-14,16,18,23-24,29,33H,9-12,15,17,19-20H2,1-2H3. The molecule has 0 amide bonds. The lowest BCUT2D eigenvalue weighted by Crippen LogP contribution is -2.47. The number of rotatable bonds is 10. The van der Waals surface area contributed by atoms with Crippen LogP contribution in [0.3, 0.4) is 0 Å². The van der Waals surface area contributed by atoms with Crippen molar-refractivity contribution in [3.63, 3.8) is 0 Å². The molecule has 5 rings (SSSR count). The van der Waals surface area contributed by atoms with Crippen LogP contribution in [0.1, 0.15) is 19.3 Å². The van der Waals surface area contributed by atoms with Crippen molar-refractivity contribution in [1.29, 1.82) is 0 Å². The van der Waals surface area contributed by atoms with E-state index in [1.165, 1.54) is 16.4 Å². The Morgan fingerprint density at radius 1 is 1.10 bits per heavy atom. The summed E-state index contributed by atoms with van der Waals surface area (Å²) in [5.41, 5.74) is 1.27. The van der Waals surface area contributed by atoms with Gasteiger partial charge in [0.15, 0.2) is 9.84 Å². The smallest absolute Gasteiger partial charge is 0.243 e. The van der Waals surface area contributed by atoms with Gasteiger partial charge in [0.25, 0.3) is 0 Å². The molecule has 2 fully saturated rings. The molecule has 41 heavy (non-hydrogen) atoms. The first-order valence-corrected chi connectivity index (χ1v) is 16.8. The molecule has 2 N–H and O–H groups in total. The lowest BCUT2D eigenvalue weighted by molar-refractivity contribution is -0.0312. The molecule has 0 saturated carbocycles. The van der Waals surface area contributed by atoms with E-state index >= 15 is 0 Å². The van der Waals surface area contributed by atoms with Gasteiger partial charge in [0.1, 0.15) is 18.5 Å². The van der Waals surface area contributed by atoms with Gasteiger partial charge in [-0.15, -0.1) is 0 Å². The van der Waals surface area contributed by atoms with Crippen molar-refractivity contribution in [2.24, 2.45) is 7.05 Å². The van der Waals surface area contributed by atoms with E-state index < -0.39 is 31.6 Å². The lowest BCUT2D eigenvalue weighted by Gasteiger charge is -2.38. The summed E-state index contributed by atoms with van der Waals surface area (Å²) < 4.78 is 65.3. The Labute approximate surface area is 241 Å². The van der Waals surface area contributed by atoms with Crippen LogP contribution in [0.5, 0.6) is 5.75 Å². The van der Waals surface area contributed by atoms with Gasteiger partial charge in [-0.25, -0.2) is 16.8 Å². The van der Waals surface area contributed by atoms with Crippen molar-refractivity contribution in [2.75, 3.05) is 39.1 Å². The number of hydrogen-bond acceptors (Lipinski definition) is 9. The van der Waals surface area contributed by atoms with Gasteiger partial charge in [-0.3, -0.25) is 4.68 Å². The van der Waals surface area contributed by atoms with Crippen molar-refractivity contribution in [3.8, 4) is 16.9 Å². The molecule has 222 valence electrons. The largest absolute Gasteiger partial charge is 0.491 e. The van der Waals surface area contributed by atoms with E-state index in [1.807, 2.05) is 19.3 Å². The second-order valence-corrected chi connectivity index (χ2v) is 14.8.